The molecule has 2 saturated heterocycles. The number of esters is 1. The number of benzene rings is 1. The molecule has 3 N–H and O–H groups in total. The zero-order chi connectivity index (χ0) is 33.7. The van der Waals surface area contributed by atoms with Crippen LogP contribution < -0.4 is 15.4 Å². The number of nitrogens with one attached hydrogen (secondary N) is 3. The number of hydrogen-bond donors (Lipinski definition) is 3. The van der Waals surface area contributed by atoms with E-state index in [1.807, 2.05) is 0 Å². The molecule has 47 heavy (non-hydrogen) atoms. The molecule has 1 aromatic rings. The van der Waals surface area contributed by atoms with Gasteiger partial charge in [0.05, 0.1) is 24.9 Å². The Kier molecular flexibility index (Phi) is 8.44. The van der Waals surface area contributed by atoms with Gasteiger partial charge in [0.15, 0.2) is 6.10 Å². The van der Waals surface area contributed by atoms with Gasteiger partial charge in [-0.05, 0) is 30.9 Å². The molecule has 3 aliphatic heterocycles. The van der Waals surface area contributed by atoms with Gasteiger partial charge in [-0.3, -0.25) is 33.6 Å². The molecule has 3 heterocycles. The fraction of sp³-hybridized carbons (Fsp3) is 0.533. The van der Waals surface area contributed by atoms with Crippen LogP contribution in [0, 0.1) is 11.7 Å². The molecule has 17 heteroatoms. The third-order valence-electron chi connectivity index (χ3n) is 9.18. The molecule has 5 amide bonds. The standard InChI is InChI=1S/C30H34FN5O10S/c1-2-17-11-30(17,28(41)34-47(43,44)19-6-7-19)33-26(39)22-10-18(45-29(42)35-13-16-4-3-5-21(31)20(16)15-35)14-36(22)24(37)12-32-27(40)23-8-9-25(38)46-23/h2-5,17-19,22-23H,1,6-15H2,(H,32,40)(H,33,39)(H,34,41)/t17?,18-,22+,23+,30-/m1/s1. The van der Waals surface area contributed by atoms with Crippen LogP contribution in [0.25, 0.3) is 0 Å². The second-order valence-electron chi connectivity index (χ2n) is 12.5. The lowest BCUT2D eigenvalue weighted by Crippen LogP contribution is -2.57. The number of sulfonamides is 1. The fourth-order valence-electron chi connectivity index (χ4n) is 6.24. The third kappa shape index (κ3) is 6.53. The predicted molar refractivity (Wildman–Crippen MR) is 157 cm³/mol. The Balaban J connectivity index is 1.15. The van der Waals surface area contributed by atoms with Crippen LogP contribution in [0.3, 0.4) is 0 Å². The van der Waals surface area contributed by atoms with E-state index in [0.29, 0.717) is 24.0 Å². The summed E-state index contributed by atoms with van der Waals surface area (Å²) in [6.45, 7) is 2.94. The normalized spacial score (nSPS) is 27.8. The fourth-order valence-corrected chi connectivity index (χ4v) is 7.61. The van der Waals surface area contributed by atoms with Crippen LogP contribution in [0.2, 0.25) is 0 Å². The number of halogens is 1. The Bertz CT molecular complexity index is 1670. The molecule has 0 aromatic heterocycles. The number of rotatable bonds is 10. The first kappa shape index (κ1) is 32.4. The van der Waals surface area contributed by atoms with E-state index in [2.05, 4.69) is 21.9 Å². The summed E-state index contributed by atoms with van der Waals surface area (Å²) < 4.78 is 51.9. The van der Waals surface area contributed by atoms with Gasteiger partial charge in [-0.2, -0.15) is 0 Å². The van der Waals surface area contributed by atoms with E-state index in [1.54, 1.807) is 6.07 Å². The van der Waals surface area contributed by atoms with Crippen LogP contribution in [-0.4, -0.2) is 96.0 Å². The quantitative estimate of drug-likeness (QED) is 0.219. The molecule has 5 aliphatic rings. The lowest BCUT2D eigenvalue weighted by molar-refractivity contribution is -0.148. The van der Waals surface area contributed by atoms with Crippen LogP contribution >= 0.6 is 0 Å². The average Bonchev–Trinajstić information content (AvgIpc) is 3.85. The second-order valence-corrected chi connectivity index (χ2v) is 14.4. The summed E-state index contributed by atoms with van der Waals surface area (Å²) in [6.07, 6.45) is -0.442. The smallest absolute Gasteiger partial charge is 0.410 e. The first-order valence-electron chi connectivity index (χ1n) is 15.3. The largest absolute Gasteiger partial charge is 0.452 e. The number of cyclic esters (lactones) is 1. The van der Waals surface area contributed by atoms with Crippen molar-refractivity contribution in [3.63, 3.8) is 0 Å². The van der Waals surface area contributed by atoms with Crippen molar-refractivity contribution in [1.29, 1.82) is 0 Å². The molecule has 5 atom stereocenters. The summed E-state index contributed by atoms with van der Waals surface area (Å²) in [6, 6.07) is 3.25. The van der Waals surface area contributed by atoms with Crippen molar-refractivity contribution >= 4 is 45.7 Å². The minimum atomic E-state index is -3.93. The van der Waals surface area contributed by atoms with Crippen LogP contribution in [0.1, 0.15) is 49.7 Å². The summed E-state index contributed by atoms with van der Waals surface area (Å²) in [5, 5.41) is 4.34. The zero-order valence-corrected chi connectivity index (χ0v) is 26.1. The number of carbonyl (C=O) groups is 6. The highest BCUT2D eigenvalue weighted by Crippen LogP contribution is 2.45. The van der Waals surface area contributed by atoms with Gasteiger partial charge in [0.1, 0.15) is 23.5 Å². The summed E-state index contributed by atoms with van der Waals surface area (Å²) in [5.74, 6) is -4.70. The average molecular weight is 676 g/mol. The van der Waals surface area contributed by atoms with E-state index in [9.17, 15) is 41.6 Å². The highest BCUT2D eigenvalue weighted by molar-refractivity contribution is 7.91. The van der Waals surface area contributed by atoms with Gasteiger partial charge in [-0.1, -0.05) is 18.2 Å². The van der Waals surface area contributed by atoms with Crippen molar-refractivity contribution in [2.24, 2.45) is 5.92 Å². The van der Waals surface area contributed by atoms with E-state index in [1.165, 1.54) is 23.1 Å². The van der Waals surface area contributed by atoms with Crippen molar-refractivity contribution in [1.82, 2.24) is 25.2 Å². The predicted octanol–water partition coefficient (Wildman–Crippen LogP) is -0.261. The molecule has 2 aliphatic carbocycles. The van der Waals surface area contributed by atoms with Crippen LogP contribution in [0.5, 0.6) is 0 Å². The first-order valence-corrected chi connectivity index (χ1v) is 16.8. The number of likely N-dealkylation sites (tertiary alicyclic amines) is 1. The van der Waals surface area contributed by atoms with Crippen LogP contribution in [0.15, 0.2) is 30.9 Å². The first-order chi connectivity index (χ1) is 22.3. The monoisotopic (exact) mass is 675 g/mol. The lowest BCUT2D eigenvalue weighted by atomic mass is 10.1. The molecule has 4 fully saturated rings. The molecule has 0 radical (unpaired) electrons. The minimum Gasteiger partial charge on any atom is -0.452 e. The number of ether oxygens (including phenoxy) is 2. The SMILES string of the molecule is C=CC1C[C@]1(NC(=O)[C@@H]1C[C@@H](OC(=O)N2Cc3cccc(F)c3C2)CN1C(=O)CNC(=O)[C@@H]1CCC(=O)O1)C(=O)NS(=O)(=O)C1CC1. The Labute approximate surface area is 269 Å². The topological polar surface area (TPSA) is 198 Å². The van der Waals surface area contributed by atoms with E-state index in [0.717, 1.165) is 4.90 Å². The summed E-state index contributed by atoms with van der Waals surface area (Å²) in [4.78, 5) is 79.6. The van der Waals surface area contributed by atoms with Gasteiger partial charge in [-0.25, -0.2) is 17.6 Å². The van der Waals surface area contributed by atoms with E-state index in [4.69, 9.17) is 9.47 Å². The zero-order valence-electron chi connectivity index (χ0n) is 25.2. The molecular weight excluding hydrogens is 641 g/mol. The van der Waals surface area contributed by atoms with Gasteiger partial charge in [0.2, 0.25) is 21.8 Å². The summed E-state index contributed by atoms with van der Waals surface area (Å²) in [7, 11) is -3.93. The molecule has 2 saturated carbocycles. The molecule has 1 aromatic carbocycles. The number of carbonyl (C=O) groups excluding carboxylic acids is 6. The molecule has 0 spiro atoms. The third-order valence-corrected chi connectivity index (χ3v) is 11.0. The van der Waals surface area contributed by atoms with Crippen molar-refractivity contribution in [3.05, 3.63) is 47.8 Å². The minimum absolute atomic E-state index is 0.0256. The number of hydrogen-bond acceptors (Lipinski definition) is 10. The highest BCUT2D eigenvalue weighted by atomic mass is 32.2. The molecule has 6 rings (SSSR count). The maximum atomic E-state index is 14.3. The van der Waals surface area contributed by atoms with Crippen LogP contribution in [-0.2, 0) is 56.6 Å². The molecule has 15 nitrogen and oxygen atoms in total. The molecule has 252 valence electrons. The maximum absolute atomic E-state index is 14.3. The number of nitrogens with zero attached hydrogens (tertiary/aromatic N) is 2. The van der Waals surface area contributed by atoms with Crippen molar-refractivity contribution < 1.29 is 51.0 Å². The van der Waals surface area contributed by atoms with E-state index < -0.39 is 93.0 Å². The Morgan fingerprint density at radius 1 is 1.13 bits per heavy atom. The maximum Gasteiger partial charge on any atom is 0.410 e. The van der Waals surface area contributed by atoms with Gasteiger partial charge in [0, 0.05) is 37.3 Å². The van der Waals surface area contributed by atoms with Crippen molar-refractivity contribution in [2.45, 2.75) is 80.7 Å². The molecule has 1 unspecified atom stereocenters. The molecule has 0 bridgehead atoms. The Morgan fingerprint density at radius 3 is 2.53 bits per heavy atom. The summed E-state index contributed by atoms with van der Waals surface area (Å²) in [5.41, 5.74) is -0.627. The van der Waals surface area contributed by atoms with Crippen molar-refractivity contribution in [2.75, 3.05) is 13.1 Å². The molecular formula is C30H34FN5O10S. The second kappa shape index (κ2) is 12.2. The number of amides is 5. The Morgan fingerprint density at radius 2 is 1.89 bits per heavy atom. The van der Waals surface area contributed by atoms with Gasteiger partial charge in [-0.15, -0.1) is 6.58 Å². The summed E-state index contributed by atoms with van der Waals surface area (Å²) >= 11 is 0. The van der Waals surface area contributed by atoms with Gasteiger partial charge >= 0.3 is 12.1 Å². The Hall–Kier alpha value is -4.54. The highest BCUT2D eigenvalue weighted by Gasteiger charge is 2.62. The van der Waals surface area contributed by atoms with Gasteiger partial charge in [0.25, 0.3) is 11.8 Å². The van der Waals surface area contributed by atoms with E-state index >= 15 is 0 Å². The van der Waals surface area contributed by atoms with Gasteiger partial charge < -0.3 is 25.0 Å². The number of fused-ring (bicyclic) bond motifs is 1. The van der Waals surface area contributed by atoms with Crippen molar-refractivity contribution in [3.8, 4) is 0 Å². The van der Waals surface area contributed by atoms with Crippen LogP contribution in [0.4, 0.5) is 9.18 Å². The lowest BCUT2D eigenvalue weighted by Gasteiger charge is -2.26. The van der Waals surface area contributed by atoms with E-state index in [-0.39, 0.29) is 45.3 Å².